The molecule has 2 aromatic carbocycles. The van der Waals surface area contributed by atoms with E-state index in [1.165, 1.54) is 5.56 Å². The summed E-state index contributed by atoms with van der Waals surface area (Å²) in [6, 6.07) is 16.4. The Labute approximate surface area is 161 Å². The third-order valence-corrected chi connectivity index (χ3v) is 6.61. The van der Waals surface area contributed by atoms with Crippen molar-refractivity contribution in [2.45, 2.75) is 19.5 Å². The molecule has 1 aliphatic rings. The fourth-order valence-corrected chi connectivity index (χ4v) is 5.18. The standard InChI is InChI=1S/C21H26N2O3S/c1-23(2)14-16-7-9-17(10-8-16)20-6-4-3-5-18(20)13-22-21(24)19-11-12-27(25,26)15-19/h3-10,19H,11-15H2,1-2H3,(H,22,24). The summed E-state index contributed by atoms with van der Waals surface area (Å²) in [6.45, 7) is 1.29. The van der Waals surface area contributed by atoms with Crippen LogP contribution in [-0.4, -0.2) is 44.8 Å². The van der Waals surface area contributed by atoms with Gasteiger partial charge in [0.1, 0.15) is 0 Å². The zero-order valence-corrected chi connectivity index (χ0v) is 16.6. The second-order valence-electron chi connectivity index (χ2n) is 7.41. The van der Waals surface area contributed by atoms with Gasteiger partial charge in [-0.2, -0.15) is 0 Å². The molecule has 1 atom stereocenters. The van der Waals surface area contributed by atoms with Crippen molar-refractivity contribution in [3.05, 3.63) is 59.7 Å². The second-order valence-corrected chi connectivity index (χ2v) is 9.64. The molecule has 0 spiro atoms. The molecule has 3 rings (SSSR count). The van der Waals surface area contributed by atoms with Gasteiger partial charge in [0.15, 0.2) is 9.84 Å². The maximum absolute atomic E-state index is 12.3. The quantitative estimate of drug-likeness (QED) is 0.828. The zero-order valence-electron chi connectivity index (χ0n) is 15.8. The van der Waals surface area contributed by atoms with Crippen LogP contribution in [0.4, 0.5) is 0 Å². The van der Waals surface area contributed by atoms with Gasteiger partial charge in [-0.3, -0.25) is 4.79 Å². The van der Waals surface area contributed by atoms with Gasteiger partial charge in [-0.15, -0.1) is 0 Å². The summed E-state index contributed by atoms with van der Waals surface area (Å²) < 4.78 is 23.1. The minimum absolute atomic E-state index is 0.0339. The lowest BCUT2D eigenvalue weighted by molar-refractivity contribution is -0.124. The van der Waals surface area contributed by atoms with Crippen LogP contribution in [0.3, 0.4) is 0 Å². The maximum atomic E-state index is 12.3. The van der Waals surface area contributed by atoms with Gasteiger partial charge in [-0.05, 0) is 42.8 Å². The summed E-state index contributed by atoms with van der Waals surface area (Å²) in [6.07, 6.45) is 0.420. The number of hydrogen-bond acceptors (Lipinski definition) is 4. The lowest BCUT2D eigenvalue weighted by Gasteiger charge is -2.14. The van der Waals surface area contributed by atoms with Crippen LogP contribution in [-0.2, 0) is 27.7 Å². The van der Waals surface area contributed by atoms with Gasteiger partial charge in [-0.25, -0.2) is 8.42 Å². The second kappa shape index (κ2) is 8.23. The van der Waals surface area contributed by atoms with Crippen molar-refractivity contribution in [3.63, 3.8) is 0 Å². The average molecular weight is 387 g/mol. The first-order chi connectivity index (χ1) is 12.8. The molecular weight excluding hydrogens is 360 g/mol. The SMILES string of the molecule is CN(C)Cc1ccc(-c2ccccc2CNC(=O)C2CCS(=O)(=O)C2)cc1. The normalized spacial score (nSPS) is 18.6. The first-order valence-electron chi connectivity index (χ1n) is 9.14. The number of carbonyl (C=O) groups excluding carboxylic acids is 1. The largest absolute Gasteiger partial charge is 0.352 e. The number of nitrogens with one attached hydrogen (secondary N) is 1. The van der Waals surface area contributed by atoms with Crippen LogP contribution in [0.2, 0.25) is 0 Å². The Morgan fingerprint density at radius 3 is 2.44 bits per heavy atom. The summed E-state index contributed by atoms with van der Waals surface area (Å²) in [5.41, 5.74) is 4.45. The van der Waals surface area contributed by atoms with Gasteiger partial charge < -0.3 is 10.2 Å². The topological polar surface area (TPSA) is 66.5 Å². The molecule has 1 aliphatic heterocycles. The summed E-state index contributed by atoms with van der Waals surface area (Å²) in [7, 11) is 1.03. The summed E-state index contributed by atoms with van der Waals surface area (Å²) in [5.74, 6) is -0.519. The van der Waals surface area contributed by atoms with Gasteiger partial charge in [0.2, 0.25) is 5.91 Å². The van der Waals surface area contributed by atoms with Crippen molar-refractivity contribution in [3.8, 4) is 11.1 Å². The fourth-order valence-electron chi connectivity index (χ4n) is 3.44. The highest BCUT2D eigenvalue weighted by Gasteiger charge is 2.32. The molecule has 1 saturated heterocycles. The lowest BCUT2D eigenvalue weighted by atomic mass is 9.98. The molecule has 0 aromatic heterocycles. The molecule has 0 radical (unpaired) electrons. The number of benzene rings is 2. The van der Waals surface area contributed by atoms with Crippen LogP contribution in [0, 0.1) is 5.92 Å². The lowest BCUT2D eigenvalue weighted by Crippen LogP contribution is -2.31. The molecule has 6 heteroatoms. The molecule has 0 aliphatic carbocycles. The van der Waals surface area contributed by atoms with Gasteiger partial charge >= 0.3 is 0 Å². The third kappa shape index (κ3) is 5.17. The highest BCUT2D eigenvalue weighted by Crippen LogP contribution is 2.25. The van der Waals surface area contributed by atoms with Crippen LogP contribution in [0.25, 0.3) is 11.1 Å². The van der Waals surface area contributed by atoms with Crippen molar-refractivity contribution >= 4 is 15.7 Å². The van der Waals surface area contributed by atoms with Crippen molar-refractivity contribution in [1.82, 2.24) is 10.2 Å². The molecule has 0 bridgehead atoms. The van der Waals surface area contributed by atoms with Crippen LogP contribution >= 0.6 is 0 Å². The number of carbonyl (C=O) groups is 1. The highest BCUT2D eigenvalue weighted by molar-refractivity contribution is 7.91. The first-order valence-corrected chi connectivity index (χ1v) is 11.0. The molecule has 1 unspecified atom stereocenters. The molecule has 1 N–H and O–H groups in total. The summed E-state index contributed by atoms with van der Waals surface area (Å²) >= 11 is 0. The molecular formula is C21H26N2O3S. The molecule has 5 nitrogen and oxygen atoms in total. The molecule has 144 valence electrons. The van der Waals surface area contributed by atoms with E-state index in [1.807, 2.05) is 38.4 Å². The van der Waals surface area contributed by atoms with E-state index in [9.17, 15) is 13.2 Å². The Hall–Kier alpha value is -2.18. The average Bonchev–Trinajstić information content (AvgIpc) is 3.00. The van der Waals surface area contributed by atoms with Crippen LogP contribution < -0.4 is 5.32 Å². The highest BCUT2D eigenvalue weighted by atomic mass is 32.2. The van der Waals surface area contributed by atoms with Crippen LogP contribution in [0.5, 0.6) is 0 Å². The smallest absolute Gasteiger partial charge is 0.224 e. The van der Waals surface area contributed by atoms with Crippen molar-refractivity contribution in [2.75, 3.05) is 25.6 Å². The third-order valence-electron chi connectivity index (χ3n) is 4.84. The van der Waals surface area contributed by atoms with E-state index in [2.05, 4.69) is 34.5 Å². The van der Waals surface area contributed by atoms with E-state index in [0.29, 0.717) is 13.0 Å². The number of rotatable bonds is 6. The Kier molecular flexibility index (Phi) is 5.97. The monoisotopic (exact) mass is 386 g/mol. The Balaban J connectivity index is 1.70. The Bertz CT molecular complexity index is 905. The molecule has 2 aromatic rings. The van der Waals surface area contributed by atoms with Crippen LogP contribution in [0.15, 0.2) is 48.5 Å². The number of hydrogen-bond donors (Lipinski definition) is 1. The predicted molar refractivity (Wildman–Crippen MR) is 108 cm³/mol. The van der Waals surface area contributed by atoms with Crippen molar-refractivity contribution in [2.24, 2.45) is 5.92 Å². The zero-order chi connectivity index (χ0) is 19.4. The molecule has 27 heavy (non-hydrogen) atoms. The van der Waals surface area contributed by atoms with Gasteiger partial charge in [0.05, 0.1) is 17.4 Å². The van der Waals surface area contributed by atoms with E-state index >= 15 is 0 Å². The minimum Gasteiger partial charge on any atom is -0.352 e. The summed E-state index contributed by atoms with van der Waals surface area (Å²) in [4.78, 5) is 14.4. The van der Waals surface area contributed by atoms with Crippen molar-refractivity contribution in [1.29, 1.82) is 0 Å². The summed E-state index contributed by atoms with van der Waals surface area (Å²) in [5, 5.41) is 2.92. The number of nitrogens with zero attached hydrogens (tertiary/aromatic N) is 1. The van der Waals surface area contributed by atoms with Gasteiger partial charge in [0.25, 0.3) is 0 Å². The Morgan fingerprint density at radius 1 is 1.11 bits per heavy atom. The number of sulfone groups is 1. The van der Waals surface area contributed by atoms with E-state index in [1.54, 1.807) is 0 Å². The Morgan fingerprint density at radius 2 is 1.81 bits per heavy atom. The number of amides is 1. The first kappa shape index (κ1) is 19.6. The van der Waals surface area contributed by atoms with E-state index < -0.39 is 15.8 Å². The molecule has 0 saturated carbocycles. The molecule has 1 amide bonds. The molecule has 1 heterocycles. The van der Waals surface area contributed by atoms with Gasteiger partial charge in [-0.1, -0.05) is 48.5 Å². The fraction of sp³-hybridized carbons (Fsp3) is 0.381. The van der Waals surface area contributed by atoms with E-state index in [4.69, 9.17) is 0 Å². The van der Waals surface area contributed by atoms with Crippen LogP contribution in [0.1, 0.15) is 17.5 Å². The molecule has 1 fully saturated rings. The maximum Gasteiger partial charge on any atom is 0.224 e. The minimum atomic E-state index is -3.05. The van der Waals surface area contributed by atoms with E-state index in [0.717, 1.165) is 23.2 Å². The van der Waals surface area contributed by atoms with Crippen molar-refractivity contribution < 1.29 is 13.2 Å². The van der Waals surface area contributed by atoms with E-state index in [-0.39, 0.29) is 17.4 Å². The van der Waals surface area contributed by atoms with Gasteiger partial charge in [0, 0.05) is 13.1 Å². The predicted octanol–water partition coefficient (Wildman–Crippen LogP) is 2.47.